The molecular weight excluding hydrogens is 449 g/mol. The van der Waals surface area contributed by atoms with Crippen molar-refractivity contribution in [3.05, 3.63) is 53.8 Å². The second-order valence-electron chi connectivity index (χ2n) is 8.42. The lowest BCUT2D eigenvalue weighted by atomic mass is 9.95. The molecule has 2 amide bonds. The number of sulfonamides is 1. The highest BCUT2D eigenvalue weighted by Gasteiger charge is 2.31. The maximum absolute atomic E-state index is 13.5. The maximum Gasteiger partial charge on any atom is 0.317 e. The lowest BCUT2D eigenvalue weighted by Gasteiger charge is -2.35. The number of halogens is 1. The summed E-state index contributed by atoms with van der Waals surface area (Å²) in [5.41, 5.74) is 0.912. The van der Waals surface area contributed by atoms with Crippen LogP contribution in [0.15, 0.2) is 47.4 Å². The zero-order valence-electron chi connectivity index (χ0n) is 18.7. The molecule has 178 valence electrons. The Kier molecular flexibility index (Phi) is 6.76. The Labute approximate surface area is 193 Å². The van der Waals surface area contributed by atoms with Crippen molar-refractivity contribution in [3.8, 4) is 11.5 Å². The standard InChI is InChI=1S/C23H28FN3O5S/c1-16(2)22(17-6-7-20-21(14-17)32-13-12-31-20)25-23(28)26-8-10-27(11-9-26)33(29,30)19-5-3-4-18(24)15-19/h3-7,14-16,22H,8-13H2,1-2H3,(H,25,28)/t22-/m0/s1. The lowest BCUT2D eigenvalue weighted by Crippen LogP contribution is -2.53. The predicted molar refractivity (Wildman–Crippen MR) is 120 cm³/mol. The van der Waals surface area contributed by atoms with Gasteiger partial charge in [-0.1, -0.05) is 26.0 Å². The highest BCUT2D eigenvalue weighted by Crippen LogP contribution is 2.34. The summed E-state index contributed by atoms with van der Waals surface area (Å²) in [4.78, 5) is 14.5. The number of carbonyl (C=O) groups is 1. The number of benzene rings is 2. The lowest BCUT2D eigenvalue weighted by molar-refractivity contribution is 0.165. The van der Waals surface area contributed by atoms with Gasteiger partial charge in [-0.2, -0.15) is 4.31 Å². The van der Waals surface area contributed by atoms with E-state index in [2.05, 4.69) is 5.32 Å². The van der Waals surface area contributed by atoms with Gasteiger partial charge in [0.15, 0.2) is 11.5 Å². The van der Waals surface area contributed by atoms with E-state index in [-0.39, 0.29) is 49.1 Å². The highest BCUT2D eigenvalue weighted by molar-refractivity contribution is 7.89. The van der Waals surface area contributed by atoms with E-state index in [0.29, 0.717) is 24.7 Å². The molecule has 0 aromatic heterocycles. The summed E-state index contributed by atoms with van der Waals surface area (Å²) in [7, 11) is -3.81. The van der Waals surface area contributed by atoms with E-state index in [9.17, 15) is 17.6 Å². The van der Waals surface area contributed by atoms with Crippen LogP contribution in [0.5, 0.6) is 11.5 Å². The number of nitrogens with zero attached hydrogens (tertiary/aromatic N) is 2. The van der Waals surface area contributed by atoms with Crippen molar-refractivity contribution in [1.82, 2.24) is 14.5 Å². The predicted octanol–water partition coefficient (Wildman–Crippen LogP) is 3.01. The average molecular weight is 478 g/mol. The average Bonchev–Trinajstić information content (AvgIpc) is 2.82. The molecule has 8 nitrogen and oxygen atoms in total. The Hall–Kier alpha value is -2.85. The number of amides is 2. The number of fused-ring (bicyclic) bond motifs is 1. The molecule has 0 aliphatic carbocycles. The quantitative estimate of drug-likeness (QED) is 0.715. The van der Waals surface area contributed by atoms with Crippen molar-refractivity contribution < 1.29 is 27.1 Å². The fraction of sp³-hybridized carbons (Fsp3) is 0.435. The van der Waals surface area contributed by atoms with Crippen molar-refractivity contribution in [2.45, 2.75) is 24.8 Å². The van der Waals surface area contributed by atoms with Crippen LogP contribution in [0.25, 0.3) is 0 Å². The van der Waals surface area contributed by atoms with Gasteiger partial charge in [-0.05, 0) is 41.8 Å². The normalized spacial score (nSPS) is 17.6. The molecule has 33 heavy (non-hydrogen) atoms. The first kappa shape index (κ1) is 23.3. The number of piperazine rings is 1. The van der Waals surface area contributed by atoms with Crippen molar-refractivity contribution in [2.24, 2.45) is 5.92 Å². The van der Waals surface area contributed by atoms with Gasteiger partial charge in [-0.25, -0.2) is 17.6 Å². The largest absolute Gasteiger partial charge is 0.486 e. The molecule has 2 aromatic rings. The number of ether oxygens (including phenoxy) is 2. The molecule has 1 saturated heterocycles. The number of hydrogen-bond acceptors (Lipinski definition) is 5. The molecule has 2 heterocycles. The molecule has 1 fully saturated rings. The van der Waals surface area contributed by atoms with E-state index >= 15 is 0 Å². The molecule has 0 radical (unpaired) electrons. The third-order valence-corrected chi connectivity index (χ3v) is 7.73. The minimum atomic E-state index is -3.81. The molecule has 0 unspecified atom stereocenters. The minimum absolute atomic E-state index is 0.0844. The van der Waals surface area contributed by atoms with Crippen LogP contribution in [0.2, 0.25) is 0 Å². The molecule has 10 heteroatoms. The van der Waals surface area contributed by atoms with Crippen LogP contribution in [-0.2, 0) is 10.0 Å². The van der Waals surface area contributed by atoms with Crippen molar-refractivity contribution >= 4 is 16.1 Å². The van der Waals surface area contributed by atoms with Crippen LogP contribution < -0.4 is 14.8 Å². The maximum atomic E-state index is 13.5. The molecule has 0 spiro atoms. The van der Waals surface area contributed by atoms with Gasteiger partial charge >= 0.3 is 6.03 Å². The van der Waals surface area contributed by atoms with E-state index < -0.39 is 15.8 Å². The van der Waals surface area contributed by atoms with Gasteiger partial charge in [0.1, 0.15) is 19.0 Å². The van der Waals surface area contributed by atoms with Gasteiger partial charge in [0.2, 0.25) is 10.0 Å². The molecular formula is C23H28FN3O5S. The van der Waals surface area contributed by atoms with Crippen LogP contribution in [0.4, 0.5) is 9.18 Å². The van der Waals surface area contributed by atoms with Crippen LogP contribution in [0.3, 0.4) is 0 Å². The summed E-state index contributed by atoms with van der Waals surface area (Å²) in [6.07, 6.45) is 0. The number of urea groups is 1. The molecule has 1 N–H and O–H groups in total. The van der Waals surface area contributed by atoms with Gasteiger partial charge in [-0.15, -0.1) is 0 Å². The Morgan fingerprint density at radius 2 is 1.70 bits per heavy atom. The number of nitrogens with one attached hydrogen (secondary N) is 1. The second-order valence-corrected chi connectivity index (χ2v) is 10.4. The zero-order chi connectivity index (χ0) is 23.6. The Bertz CT molecular complexity index is 1120. The Balaban J connectivity index is 1.40. The third kappa shape index (κ3) is 5.06. The Morgan fingerprint density at radius 3 is 2.36 bits per heavy atom. The smallest absolute Gasteiger partial charge is 0.317 e. The topological polar surface area (TPSA) is 88.2 Å². The van der Waals surface area contributed by atoms with E-state index in [1.54, 1.807) is 4.90 Å². The summed E-state index contributed by atoms with van der Waals surface area (Å²) in [5.74, 6) is 0.864. The van der Waals surface area contributed by atoms with Gasteiger partial charge in [0.05, 0.1) is 10.9 Å². The molecule has 2 aliphatic heterocycles. The number of hydrogen-bond donors (Lipinski definition) is 1. The van der Waals surface area contributed by atoms with Gasteiger partial charge in [-0.3, -0.25) is 0 Å². The number of rotatable bonds is 5. The SMILES string of the molecule is CC(C)[C@H](NC(=O)N1CCN(S(=O)(=O)c2cccc(F)c2)CC1)c1ccc2c(c1)OCCO2. The minimum Gasteiger partial charge on any atom is -0.486 e. The van der Waals surface area contributed by atoms with Crippen LogP contribution in [-0.4, -0.2) is 63.0 Å². The molecule has 4 rings (SSSR count). The molecule has 2 aliphatic rings. The third-order valence-electron chi connectivity index (χ3n) is 5.83. The molecule has 1 atom stereocenters. The van der Waals surface area contributed by atoms with Crippen molar-refractivity contribution in [2.75, 3.05) is 39.4 Å². The van der Waals surface area contributed by atoms with Crippen LogP contribution in [0.1, 0.15) is 25.5 Å². The summed E-state index contributed by atoms with van der Waals surface area (Å²) in [6, 6.07) is 10.1. The second kappa shape index (κ2) is 9.56. The molecule has 2 aromatic carbocycles. The van der Waals surface area contributed by atoms with Gasteiger partial charge in [0, 0.05) is 26.2 Å². The first-order valence-electron chi connectivity index (χ1n) is 11.0. The fourth-order valence-corrected chi connectivity index (χ4v) is 5.47. The van der Waals surface area contributed by atoms with E-state index in [1.807, 2.05) is 32.0 Å². The summed E-state index contributed by atoms with van der Waals surface area (Å²) in [6.45, 7) is 5.80. The summed E-state index contributed by atoms with van der Waals surface area (Å²) < 4.78 is 51.6. The molecule has 0 bridgehead atoms. The van der Waals surface area contributed by atoms with E-state index in [0.717, 1.165) is 11.6 Å². The first-order valence-corrected chi connectivity index (χ1v) is 12.4. The number of carbonyl (C=O) groups excluding carboxylic acids is 1. The van der Waals surface area contributed by atoms with Gasteiger partial charge < -0.3 is 19.7 Å². The molecule has 0 saturated carbocycles. The summed E-state index contributed by atoms with van der Waals surface area (Å²) in [5, 5.41) is 3.08. The fourth-order valence-electron chi connectivity index (χ4n) is 4.02. The van der Waals surface area contributed by atoms with Crippen LogP contribution in [0, 0.1) is 11.7 Å². The van der Waals surface area contributed by atoms with Gasteiger partial charge in [0.25, 0.3) is 0 Å². The highest BCUT2D eigenvalue weighted by atomic mass is 32.2. The van der Waals surface area contributed by atoms with Crippen LogP contribution >= 0.6 is 0 Å². The van der Waals surface area contributed by atoms with E-state index in [1.165, 1.54) is 22.5 Å². The first-order chi connectivity index (χ1) is 15.8. The van der Waals surface area contributed by atoms with E-state index in [4.69, 9.17) is 9.47 Å². The van der Waals surface area contributed by atoms with Crippen molar-refractivity contribution in [1.29, 1.82) is 0 Å². The van der Waals surface area contributed by atoms with Crippen molar-refractivity contribution in [3.63, 3.8) is 0 Å². The monoisotopic (exact) mass is 477 g/mol. The Morgan fingerprint density at radius 1 is 1.00 bits per heavy atom. The zero-order valence-corrected chi connectivity index (χ0v) is 19.5. The summed E-state index contributed by atoms with van der Waals surface area (Å²) >= 11 is 0.